The first-order chi connectivity index (χ1) is 17.3. The van der Waals surface area contributed by atoms with Crippen LogP contribution in [-0.2, 0) is 17.9 Å². The highest BCUT2D eigenvalue weighted by molar-refractivity contribution is 7.18. The highest BCUT2D eigenvalue weighted by atomic mass is 35.5. The fraction of sp³-hybridized carbons (Fsp3) is 0.125. The predicted molar refractivity (Wildman–Crippen MR) is 142 cm³/mol. The number of nitrogen functional groups attached to an aromatic ring is 1. The molecule has 0 saturated carbocycles. The van der Waals surface area contributed by atoms with Crippen LogP contribution in [0.4, 0.5) is 10.2 Å². The standard InChI is InChI=1S/C20H15Cl3N2OS.C4H4FN3O/c21-14-4-5-16(18(23)8-14)19(9-25-7-6-24-12-25)26-10-13-11-27-20-15(13)2-1-3-17(20)22;5-2-1-7-4(9)8-3(2)6/h1-8,11-12,19H,9-10H2;1H,(H3,6,7,8,9). The molecule has 0 aliphatic heterocycles. The lowest BCUT2D eigenvalue weighted by atomic mass is 10.1. The summed E-state index contributed by atoms with van der Waals surface area (Å²) >= 11 is 20.4. The molecular weight excluding hydrogens is 548 g/mol. The van der Waals surface area contributed by atoms with Gasteiger partial charge in [-0.25, -0.2) is 14.2 Å². The van der Waals surface area contributed by atoms with Crippen LogP contribution in [-0.4, -0.2) is 19.5 Å². The van der Waals surface area contributed by atoms with Crippen molar-refractivity contribution in [2.24, 2.45) is 0 Å². The van der Waals surface area contributed by atoms with Gasteiger partial charge in [-0.15, -0.1) is 11.3 Å². The number of aromatic nitrogens is 4. The van der Waals surface area contributed by atoms with Crippen LogP contribution in [0.2, 0.25) is 15.1 Å². The van der Waals surface area contributed by atoms with Crippen molar-refractivity contribution in [3.63, 3.8) is 0 Å². The van der Waals surface area contributed by atoms with Gasteiger partial charge in [-0.05, 0) is 34.5 Å². The number of ether oxygens (including phenoxy) is 1. The lowest BCUT2D eigenvalue weighted by Crippen LogP contribution is -2.12. The van der Waals surface area contributed by atoms with E-state index in [1.54, 1.807) is 29.9 Å². The van der Waals surface area contributed by atoms with Crippen LogP contribution >= 0.6 is 46.1 Å². The maximum Gasteiger partial charge on any atom is 0.347 e. The molecular formula is C24H19Cl3FN5O2S. The van der Waals surface area contributed by atoms with Gasteiger partial charge in [-0.2, -0.15) is 4.98 Å². The van der Waals surface area contributed by atoms with Gasteiger partial charge in [0.1, 0.15) is 6.10 Å². The Balaban J connectivity index is 0.000000286. The van der Waals surface area contributed by atoms with E-state index in [4.69, 9.17) is 45.3 Å². The van der Waals surface area contributed by atoms with Gasteiger partial charge in [0.05, 0.1) is 29.2 Å². The minimum atomic E-state index is -0.713. The highest BCUT2D eigenvalue weighted by Gasteiger charge is 2.18. The first-order valence-corrected chi connectivity index (χ1v) is 12.5. The number of aromatic amines is 1. The molecule has 3 heterocycles. The second kappa shape index (κ2) is 11.9. The van der Waals surface area contributed by atoms with E-state index in [1.165, 1.54) is 0 Å². The Labute approximate surface area is 224 Å². The average molecular weight is 567 g/mol. The van der Waals surface area contributed by atoms with Crippen molar-refractivity contribution < 1.29 is 9.13 Å². The summed E-state index contributed by atoms with van der Waals surface area (Å²) < 4.78 is 21.5. The number of anilines is 1. The number of nitrogens with two attached hydrogens (primary N) is 1. The van der Waals surface area contributed by atoms with E-state index in [0.29, 0.717) is 23.2 Å². The number of rotatable bonds is 6. The topological polar surface area (TPSA) is 98.8 Å². The van der Waals surface area contributed by atoms with E-state index in [9.17, 15) is 9.18 Å². The van der Waals surface area contributed by atoms with Gasteiger partial charge in [0.2, 0.25) is 0 Å². The Morgan fingerprint density at radius 1 is 1.19 bits per heavy atom. The summed E-state index contributed by atoms with van der Waals surface area (Å²) in [5.41, 5.74) is 6.28. The highest BCUT2D eigenvalue weighted by Crippen LogP contribution is 2.35. The molecule has 7 nitrogen and oxygen atoms in total. The van der Waals surface area contributed by atoms with Gasteiger partial charge < -0.3 is 20.0 Å². The third kappa shape index (κ3) is 6.43. The zero-order valence-electron chi connectivity index (χ0n) is 18.5. The average Bonchev–Trinajstić information content (AvgIpc) is 3.51. The molecule has 0 aliphatic carbocycles. The Morgan fingerprint density at radius 2 is 2.03 bits per heavy atom. The molecule has 0 saturated heterocycles. The number of fused-ring (bicyclic) bond motifs is 1. The van der Waals surface area contributed by atoms with E-state index in [2.05, 4.69) is 21.4 Å². The van der Waals surface area contributed by atoms with Gasteiger partial charge in [0, 0.05) is 34.2 Å². The first-order valence-electron chi connectivity index (χ1n) is 10.5. The molecule has 186 valence electrons. The predicted octanol–water partition coefficient (Wildman–Crippen LogP) is 6.51. The molecule has 5 aromatic rings. The minimum Gasteiger partial charge on any atom is -0.381 e. The lowest BCUT2D eigenvalue weighted by molar-refractivity contribution is 0.0288. The molecule has 36 heavy (non-hydrogen) atoms. The van der Waals surface area contributed by atoms with Crippen LogP contribution in [0.1, 0.15) is 17.2 Å². The summed E-state index contributed by atoms with van der Waals surface area (Å²) in [7, 11) is 0. The zero-order valence-corrected chi connectivity index (χ0v) is 21.6. The molecule has 0 spiro atoms. The SMILES string of the molecule is Clc1ccc(C(Cn2ccnc2)OCc2csc3c(Cl)cccc23)c(Cl)c1.Nc1nc(=O)[nH]cc1F. The largest absolute Gasteiger partial charge is 0.381 e. The Kier molecular flexibility index (Phi) is 8.60. The van der Waals surface area contributed by atoms with Crippen molar-refractivity contribution in [2.45, 2.75) is 19.3 Å². The number of H-pyrrole nitrogens is 1. The summed E-state index contributed by atoms with van der Waals surface area (Å²) in [6.45, 7) is 1.06. The number of thiophene rings is 1. The molecule has 3 aromatic heterocycles. The maximum absolute atomic E-state index is 12.1. The molecule has 3 N–H and O–H groups in total. The van der Waals surface area contributed by atoms with Crippen molar-refractivity contribution in [1.29, 1.82) is 0 Å². The summed E-state index contributed by atoms with van der Waals surface area (Å²) in [6, 6.07) is 11.4. The van der Waals surface area contributed by atoms with E-state index in [1.807, 2.05) is 40.0 Å². The fourth-order valence-electron chi connectivity index (χ4n) is 3.36. The minimum absolute atomic E-state index is 0.238. The smallest absolute Gasteiger partial charge is 0.347 e. The van der Waals surface area contributed by atoms with Crippen molar-refractivity contribution >= 4 is 62.0 Å². The monoisotopic (exact) mass is 565 g/mol. The van der Waals surface area contributed by atoms with Crippen molar-refractivity contribution in [1.82, 2.24) is 19.5 Å². The summed E-state index contributed by atoms with van der Waals surface area (Å²) in [5.74, 6) is -1.09. The van der Waals surface area contributed by atoms with Crippen molar-refractivity contribution in [3.05, 3.63) is 109 Å². The quantitative estimate of drug-likeness (QED) is 0.244. The van der Waals surface area contributed by atoms with Gasteiger partial charge in [-0.1, -0.05) is 53.0 Å². The zero-order chi connectivity index (χ0) is 25.7. The van der Waals surface area contributed by atoms with Crippen molar-refractivity contribution in [2.75, 3.05) is 5.73 Å². The Morgan fingerprint density at radius 3 is 2.72 bits per heavy atom. The third-order valence-electron chi connectivity index (χ3n) is 5.11. The van der Waals surface area contributed by atoms with Crippen LogP contribution < -0.4 is 11.4 Å². The van der Waals surface area contributed by atoms with Crippen LogP contribution in [0.5, 0.6) is 0 Å². The number of nitrogens with zero attached hydrogens (tertiary/aromatic N) is 3. The number of hydrogen-bond donors (Lipinski definition) is 2. The molecule has 1 unspecified atom stereocenters. The third-order valence-corrected chi connectivity index (χ3v) is 7.17. The lowest BCUT2D eigenvalue weighted by Gasteiger charge is -2.20. The number of benzene rings is 2. The molecule has 12 heteroatoms. The summed E-state index contributed by atoms with van der Waals surface area (Å²) in [6.07, 6.45) is 6.04. The number of hydrogen-bond acceptors (Lipinski definition) is 6. The van der Waals surface area contributed by atoms with E-state index >= 15 is 0 Å². The van der Waals surface area contributed by atoms with Gasteiger partial charge in [0.15, 0.2) is 11.6 Å². The van der Waals surface area contributed by atoms with E-state index in [-0.39, 0.29) is 11.9 Å². The molecule has 1 atom stereocenters. The first kappa shape index (κ1) is 26.1. The molecule has 5 rings (SSSR count). The molecule has 0 fully saturated rings. The maximum atomic E-state index is 12.1. The summed E-state index contributed by atoms with van der Waals surface area (Å²) in [4.78, 5) is 19.4. The van der Waals surface area contributed by atoms with Gasteiger partial charge in [0.25, 0.3) is 0 Å². The van der Waals surface area contributed by atoms with E-state index in [0.717, 1.165) is 32.4 Å². The number of nitrogens with one attached hydrogen (secondary N) is 1. The van der Waals surface area contributed by atoms with Gasteiger partial charge in [-0.3, -0.25) is 0 Å². The second-order valence-corrected chi connectivity index (χ2v) is 9.67. The molecule has 0 radical (unpaired) electrons. The molecule has 0 aliphatic rings. The summed E-state index contributed by atoms with van der Waals surface area (Å²) in [5, 5.41) is 5.17. The van der Waals surface area contributed by atoms with Crippen LogP contribution in [0.15, 0.2) is 71.5 Å². The van der Waals surface area contributed by atoms with E-state index < -0.39 is 11.5 Å². The fourth-order valence-corrected chi connectivity index (χ4v) is 5.16. The van der Waals surface area contributed by atoms with Crippen LogP contribution in [0, 0.1) is 5.82 Å². The van der Waals surface area contributed by atoms with Crippen LogP contribution in [0.25, 0.3) is 10.1 Å². The number of imidazole rings is 1. The second-order valence-electron chi connectivity index (χ2n) is 7.54. The Hall–Kier alpha value is -2.95. The van der Waals surface area contributed by atoms with Crippen molar-refractivity contribution in [3.8, 4) is 0 Å². The molecule has 0 bridgehead atoms. The molecule has 2 aromatic carbocycles. The van der Waals surface area contributed by atoms with Gasteiger partial charge >= 0.3 is 5.69 Å². The normalized spacial score (nSPS) is 11.8. The molecule has 0 amide bonds. The number of halogens is 4. The Bertz CT molecular complexity index is 1520. The van der Waals surface area contributed by atoms with Crippen LogP contribution in [0.3, 0.4) is 0 Å².